The molecule has 4 heteroatoms. The van der Waals surface area contributed by atoms with Crippen LogP contribution in [0.5, 0.6) is 0 Å². The zero-order chi connectivity index (χ0) is 14.4. The molecule has 1 amide bonds. The topological polar surface area (TPSA) is 45.2 Å². The van der Waals surface area contributed by atoms with Crippen molar-refractivity contribution in [2.24, 2.45) is 5.92 Å². The Morgan fingerprint density at radius 3 is 2.65 bits per heavy atom. The summed E-state index contributed by atoms with van der Waals surface area (Å²) in [6, 6.07) is 3.84. The van der Waals surface area contributed by atoms with Crippen molar-refractivity contribution in [1.29, 1.82) is 0 Å². The smallest absolute Gasteiger partial charge is 0.269 e. The standard InChI is InChI=1S/C16H25N3O/c1-13(2)8-9-17-16(20)15-7-6-14(12-18-15)19-10-4-3-5-11-19/h6-7,12-13H,3-5,8-11H2,1-2H3,(H,17,20). The Morgan fingerprint density at radius 1 is 1.30 bits per heavy atom. The van der Waals surface area contributed by atoms with Crippen LogP contribution in [0.3, 0.4) is 0 Å². The van der Waals surface area contributed by atoms with E-state index in [1.54, 1.807) is 0 Å². The third kappa shape index (κ3) is 4.22. The molecule has 0 saturated carbocycles. The average Bonchev–Trinajstić information content (AvgIpc) is 2.48. The second kappa shape index (κ2) is 7.27. The molecule has 0 spiro atoms. The fourth-order valence-electron chi connectivity index (χ4n) is 2.42. The number of aromatic nitrogens is 1. The van der Waals surface area contributed by atoms with E-state index in [-0.39, 0.29) is 5.91 Å². The largest absolute Gasteiger partial charge is 0.370 e. The zero-order valence-electron chi connectivity index (χ0n) is 12.6. The first-order chi connectivity index (χ1) is 9.66. The van der Waals surface area contributed by atoms with Crippen molar-refractivity contribution in [3.05, 3.63) is 24.0 Å². The van der Waals surface area contributed by atoms with Crippen LogP contribution in [0.1, 0.15) is 50.0 Å². The number of hydrogen-bond acceptors (Lipinski definition) is 3. The van der Waals surface area contributed by atoms with Gasteiger partial charge in [-0.05, 0) is 43.7 Å². The van der Waals surface area contributed by atoms with E-state index in [0.29, 0.717) is 18.2 Å². The summed E-state index contributed by atoms with van der Waals surface area (Å²) in [5, 5.41) is 2.91. The van der Waals surface area contributed by atoms with Gasteiger partial charge in [0.05, 0.1) is 11.9 Å². The highest BCUT2D eigenvalue weighted by molar-refractivity contribution is 5.92. The SMILES string of the molecule is CC(C)CCNC(=O)c1ccc(N2CCCCC2)cn1. The number of carbonyl (C=O) groups is 1. The first kappa shape index (κ1) is 14.8. The fraction of sp³-hybridized carbons (Fsp3) is 0.625. The van der Waals surface area contributed by atoms with Gasteiger partial charge < -0.3 is 10.2 Å². The summed E-state index contributed by atoms with van der Waals surface area (Å²) in [5.74, 6) is 0.528. The van der Waals surface area contributed by atoms with Crippen LogP contribution in [0.25, 0.3) is 0 Å². The lowest BCUT2D eigenvalue weighted by Crippen LogP contribution is -2.30. The minimum Gasteiger partial charge on any atom is -0.370 e. The van der Waals surface area contributed by atoms with Crippen molar-refractivity contribution < 1.29 is 4.79 Å². The third-order valence-electron chi connectivity index (χ3n) is 3.71. The Bertz CT molecular complexity index is 422. The fourth-order valence-corrected chi connectivity index (χ4v) is 2.42. The molecule has 1 aromatic heterocycles. The summed E-state index contributed by atoms with van der Waals surface area (Å²) in [7, 11) is 0. The van der Waals surface area contributed by atoms with Crippen LogP contribution in [0.2, 0.25) is 0 Å². The van der Waals surface area contributed by atoms with Gasteiger partial charge in [0.15, 0.2) is 0 Å². The summed E-state index contributed by atoms with van der Waals surface area (Å²) in [4.78, 5) is 18.6. The van der Waals surface area contributed by atoms with Crippen molar-refractivity contribution in [1.82, 2.24) is 10.3 Å². The van der Waals surface area contributed by atoms with Gasteiger partial charge in [0.1, 0.15) is 5.69 Å². The van der Waals surface area contributed by atoms with E-state index in [1.165, 1.54) is 19.3 Å². The van der Waals surface area contributed by atoms with E-state index < -0.39 is 0 Å². The summed E-state index contributed by atoms with van der Waals surface area (Å²) in [6.07, 6.45) is 6.63. The van der Waals surface area contributed by atoms with E-state index in [1.807, 2.05) is 18.3 Å². The maximum absolute atomic E-state index is 11.9. The number of anilines is 1. The maximum Gasteiger partial charge on any atom is 0.269 e. The Morgan fingerprint density at radius 2 is 2.05 bits per heavy atom. The molecule has 1 fully saturated rings. The van der Waals surface area contributed by atoms with E-state index >= 15 is 0 Å². The molecule has 110 valence electrons. The molecule has 1 aromatic rings. The van der Waals surface area contributed by atoms with Crippen LogP contribution < -0.4 is 10.2 Å². The van der Waals surface area contributed by atoms with Gasteiger partial charge in [0.25, 0.3) is 5.91 Å². The van der Waals surface area contributed by atoms with Crippen molar-refractivity contribution in [2.45, 2.75) is 39.5 Å². The predicted molar refractivity (Wildman–Crippen MR) is 82.1 cm³/mol. The summed E-state index contributed by atoms with van der Waals surface area (Å²) in [6.45, 7) is 7.21. The summed E-state index contributed by atoms with van der Waals surface area (Å²) < 4.78 is 0. The molecule has 20 heavy (non-hydrogen) atoms. The molecule has 4 nitrogen and oxygen atoms in total. The van der Waals surface area contributed by atoms with Crippen LogP contribution in [-0.4, -0.2) is 30.5 Å². The average molecular weight is 275 g/mol. The second-order valence-corrected chi connectivity index (χ2v) is 5.89. The molecule has 0 atom stereocenters. The van der Waals surface area contributed by atoms with Crippen LogP contribution in [0, 0.1) is 5.92 Å². The minimum atomic E-state index is -0.0733. The monoisotopic (exact) mass is 275 g/mol. The van der Waals surface area contributed by atoms with Gasteiger partial charge in [0, 0.05) is 19.6 Å². The molecular formula is C16H25N3O. The van der Waals surface area contributed by atoms with Gasteiger partial charge >= 0.3 is 0 Å². The van der Waals surface area contributed by atoms with Crippen molar-refractivity contribution in [3.63, 3.8) is 0 Å². The van der Waals surface area contributed by atoms with Gasteiger partial charge in [-0.2, -0.15) is 0 Å². The summed E-state index contributed by atoms with van der Waals surface area (Å²) in [5.41, 5.74) is 1.64. The number of piperidine rings is 1. The zero-order valence-corrected chi connectivity index (χ0v) is 12.6. The first-order valence-corrected chi connectivity index (χ1v) is 7.66. The van der Waals surface area contributed by atoms with Crippen LogP contribution in [0.4, 0.5) is 5.69 Å². The quantitative estimate of drug-likeness (QED) is 0.898. The van der Waals surface area contributed by atoms with Gasteiger partial charge in [-0.15, -0.1) is 0 Å². The maximum atomic E-state index is 11.9. The molecule has 1 aliphatic rings. The van der Waals surface area contributed by atoms with E-state index in [9.17, 15) is 4.79 Å². The molecule has 2 heterocycles. The lowest BCUT2D eigenvalue weighted by Gasteiger charge is -2.28. The Kier molecular flexibility index (Phi) is 5.39. The predicted octanol–water partition coefficient (Wildman–Crippen LogP) is 2.85. The molecule has 0 aromatic carbocycles. The molecule has 0 unspecified atom stereocenters. The number of rotatable bonds is 5. The number of pyridine rings is 1. The Hall–Kier alpha value is -1.58. The number of nitrogens with zero attached hydrogens (tertiary/aromatic N) is 2. The molecule has 0 bridgehead atoms. The highest BCUT2D eigenvalue weighted by atomic mass is 16.1. The highest BCUT2D eigenvalue weighted by Crippen LogP contribution is 2.18. The minimum absolute atomic E-state index is 0.0733. The summed E-state index contributed by atoms with van der Waals surface area (Å²) >= 11 is 0. The molecule has 1 aliphatic heterocycles. The first-order valence-electron chi connectivity index (χ1n) is 7.66. The van der Waals surface area contributed by atoms with Crippen molar-refractivity contribution in [3.8, 4) is 0 Å². The number of hydrogen-bond donors (Lipinski definition) is 1. The normalized spacial score (nSPS) is 15.4. The molecular weight excluding hydrogens is 250 g/mol. The van der Waals surface area contributed by atoms with E-state index in [2.05, 4.69) is 29.0 Å². The third-order valence-corrected chi connectivity index (χ3v) is 3.71. The van der Waals surface area contributed by atoms with Crippen LogP contribution in [-0.2, 0) is 0 Å². The van der Waals surface area contributed by atoms with Gasteiger partial charge in [-0.25, -0.2) is 4.98 Å². The van der Waals surface area contributed by atoms with Gasteiger partial charge in [0.2, 0.25) is 0 Å². The lowest BCUT2D eigenvalue weighted by molar-refractivity contribution is 0.0947. The molecule has 1 saturated heterocycles. The van der Waals surface area contributed by atoms with E-state index in [0.717, 1.165) is 25.2 Å². The van der Waals surface area contributed by atoms with E-state index in [4.69, 9.17) is 0 Å². The second-order valence-electron chi connectivity index (χ2n) is 5.89. The lowest BCUT2D eigenvalue weighted by atomic mass is 10.1. The molecule has 2 rings (SSSR count). The van der Waals surface area contributed by atoms with Crippen LogP contribution in [0.15, 0.2) is 18.3 Å². The molecule has 0 aliphatic carbocycles. The molecule has 0 radical (unpaired) electrons. The number of nitrogens with one attached hydrogen (secondary N) is 1. The molecule has 1 N–H and O–H groups in total. The van der Waals surface area contributed by atoms with Crippen molar-refractivity contribution in [2.75, 3.05) is 24.5 Å². The van der Waals surface area contributed by atoms with Crippen LogP contribution >= 0.6 is 0 Å². The van der Waals surface area contributed by atoms with Gasteiger partial charge in [-0.1, -0.05) is 13.8 Å². The van der Waals surface area contributed by atoms with Crippen molar-refractivity contribution >= 4 is 11.6 Å². The van der Waals surface area contributed by atoms with Gasteiger partial charge in [-0.3, -0.25) is 4.79 Å². The Balaban J connectivity index is 1.88. The number of carbonyl (C=O) groups excluding carboxylic acids is 1. The number of amides is 1. The Labute approximate surface area is 121 Å². The highest BCUT2D eigenvalue weighted by Gasteiger charge is 2.12.